The Balaban J connectivity index is 2.38. The van der Waals surface area contributed by atoms with Crippen molar-refractivity contribution in [1.29, 1.82) is 0 Å². The van der Waals surface area contributed by atoms with Gasteiger partial charge in [-0.3, -0.25) is 0 Å². The first-order valence-electron chi connectivity index (χ1n) is 5.58. The molecular formula is C12H16FNO3. The van der Waals surface area contributed by atoms with Crippen molar-refractivity contribution in [2.75, 3.05) is 18.0 Å². The average molecular weight is 241 g/mol. The Hall–Kier alpha value is -1.17. The maximum atomic E-state index is 13.8. The Morgan fingerprint density at radius 2 is 1.88 bits per heavy atom. The number of halogens is 1. The topological polar surface area (TPSA) is 63.9 Å². The number of para-hydroxylation sites is 1. The van der Waals surface area contributed by atoms with Gasteiger partial charge in [0.1, 0.15) is 5.82 Å². The zero-order valence-corrected chi connectivity index (χ0v) is 9.55. The third-order valence-electron chi connectivity index (χ3n) is 3.04. The highest BCUT2D eigenvalue weighted by Gasteiger charge is 2.32. The lowest BCUT2D eigenvalue weighted by Crippen LogP contribution is -2.24. The summed E-state index contributed by atoms with van der Waals surface area (Å²) in [6, 6.07) is 4.47. The van der Waals surface area contributed by atoms with Gasteiger partial charge in [-0.15, -0.1) is 0 Å². The fourth-order valence-corrected chi connectivity index (χ4v) is 2.15. The molecule has 94 valence electrons. The van der Waals surface area contributed by atoms with E-state index in [4.69, 9.17) is 0 Å². The van der Waals surface area contributed by atoms with Crippen LogP contribution in [0, 0.1) is 5.82 Å². The van der Waals surface area contributed by atoms with Gasteiger partial charge in [0.15, 0.2) is 0 Å². The summed E-state index contributed by atoms with van der Waals surface area (Å²) in [5.41, 5.74) is 0.726. The fraction of sp³-hybridized carbons (Fsp3) is 0.500. The van der Waals surface area contributed by atoms with Gasteiger partial charge in [-0.25, -0.2) is 4.39 Å². The minimum Gasteiger partial charge on any atom is -0.389 e. The van der Waals surface area contributed by atoms with Crippen LogP contribution < -0.4 is 4.90 Å². The van der Waals surface area contributed by atoms with E-state index in [0.717, 1.165) is 0 Å². The van der Waals surface area contributed by atoms with E-state index in [-0.39, 0.29) is 18.8 Å². The lowest BCUT2D eigenvalue weighted by Gasteiger charge is -2.23. The first kappa shape index (κ1) is 12.3. The zero-order valence-electron chi connectivity index (χ0n) is 9.55. The molecule has 1 saturated heterocycles. The van der Waals surface area contributed by atoms with Crippen LogP contribution in [0.1, 0.15) is 18.6 Å². The predicted octanol–water partition coefficient (Wildman–Crippen LogP) is 0.421. The van der Waals surface area contributed by atoms with Crippen LogP contribution in [0.3, 0.4) is 0 Å². The van der Waals surface area contributed by atoms with Crippen molar-refractivity contribution in [2.45, 2.75) is 25.2 Å². The number of nitrogens with zero attached hydrogens (tertiary/aromatic N) is 1. The molecule has 5 heteroatoms. The van der Waals surface area contributed by atoms with Crippen molar-refractivity contribution < 1.29 is 19.7 Å². The quantitative estimate of drug-likeness (QED) is 0.702. The molecule has 2 rings (SSSR count). The summed E-state index contributed by atoms with van der Waals surface area (Å²) >= 11 is 0. The van der Waals surface area contributed by atoms with Gasteiger partial charge in [-0.2, -0.15) is 0 Å². The molecule has 0 bridgehead atoms. The van der Waals surface area contributed by atoms with Gasteiger partial charge < -0.3 is 20.2 Å². The van der Waals surface area contributed by atoms with Crippen LogP contribution in [0.4, 0.5) is 10.1 Å². The summed E-state index contributed by atoms with van der Waals surface area (Å²) in [6.45, 7) is 1.89. The van der Waals surface area contributed by atoms with Crippen molar-refractivity contribution in [1.82, 2.24) is 0 Å². The Morgan fingerprint density at radius 1 is 1.29 bits per heavy atom. The zero-order chi connectivity index (χ0) is 12.6. The Bertz CT molecular complexity index is 401. The monoisotopic (exact) mass is 241 g/mol. The van der Waals surface area contributed by atoms with Crippen molar-refractivity contribution in [3.8, 4) is 0 Å². The molecule has 3 atom stereocenters. The van der Waals surface area contributed by atoms with Crippen LogP contribution in [0.15, 0.2) is 18.2 Å². The number of anilines is 1. The highest BCUT2D eigenvalue weighted by Crippen LogP contribution is 2.31. The van der Waals surface area contributed by atoms with E-state index in [9.17, 15) is 19.7 Å². The highest BCUT2D eigenvalue weighted by molar-refractivity contribution is 5.57. The van der Waals surface area contributed by atoms with Crippen molar-refractivity contribution >= 4 is 5.69 Å². The number of rotatable bonds is 2. The molecule has 1 aliphatic heterocycles. The average Bonchev–Trinajstić information content (AvgIpc) is 2.58. The standard InChI is InChI=1S/C12H16FNO3/c1-7(15)8-3-2-4-9(13)12(8)14-5-10(16)11(17)6-14/h2-4,7,10-11,15-17H,5-6H2,1H3/t7-,10?,11?/m1/s1. The SMILES string of the molecule is C[C@@H](O)c1cccc(F)c1N1CC(O)C(O)C1. The smallest absolute Gasteiger partial charge is 0.146 e. The maximum Gasteiger partial charge on any atom is 0.146 e. The van der Waals surface area contributed by atoms with Crippen molar-refractivity contribution in [3.63, 3.8) is 0 Å². The minimum atomic E-state index is -0.878. The number of aliphatic hydroxyl groups excluding tert-OH is 3. The molecule has 1 fully saturated rings. The van der Waals surface area contributed by atoms with Crippen LogP contribution in [0.2, 0.25) is 0 Å². The molecule has 17 heavy (non-hydrogen) atoms. The van der Waals surface area contributed by atoms with Gasteiger partial charge in [0.25, 0.3) is 0 Å². The summed E-state index contributed by atoms with van der Waals surface area (Å²) in [6.07, 6.45) is -2.55. The first-order valence-corrected chi connectivity index (χ1v) is 5.58. The molecule has 0 aliphatic carbocycles. The molecule has 1 heterocycles. The Morgan fingerprint density at radius 3 is 2.41 bits per heavy atom. The molecule has 0 radical (unpaired) electrons. The van der Waals surface area contributed by atoms with Gasteiger partial charge in [0.2, 0.25) is 0 Å². The van der Waals surface area contributed by atoms with Gasteiger partial charge >= 0.3 is 0 Å². The van der Waals surface area contributed by atoms with Crippen LogP contribution in [0.5, 0.6) is 0 Å². The molecule has 1 aromatic rings. The molecule has 1 aliphatic rings. The highest BCUT2D eigenvalue weighted by atomic mass is 19.1. The van der Waals surface area contributed by atoms with Crippen molar-refractivity contribution in [3.05, 3.63) is 29.6 Å². The van der Waals surface area contributed by atoms with E-state index in [0.29, 0.717) is 5.56 Å². The molecule has 0 saturated carbocycles. The van der Waals surface area contributed by atoms with Crippen LogP contribution >= 0.6 is 0 Å². The van der Waals surface area contributed by atoms with Gasteiger partial charge in [0, 0.05) is 18.7 Å². The number of aliphatic hydroxyl groups is 3. The lowest BCUT2D eigenvalue weighted by molar-refractivity contribution is 0.0572. The summed E-state index contributed by atoms with van der Waals surface area (Å²) in [5.74, 6) is -0.454. The summed E-state index contributed by atoms with van der Waals surface area (Å²) in [4.78, 5) is 1.56. The van der Waals surface area contributed by atoms with E-state index < -0.39 is 24.1 Å². The number of hydrogen-bond donors (Lipinski definition) is 3. The lowest BCUT2D eigenvalue weighted by atomic mass is 10.1. The number of benzene rings is 1. The second-order valence-corrected chi connectivity index (χ2v) is 4.39. The Labute approximate surface area is 98.9 Å². The predicted molar refractivity (Wildman–Crippen MR) is 61.3 cm³/mol. The van der Waals surface area contributed by atoms with Crippen LogP contribution in [0.25, 0.3) is 0 Å². The molecular weight excluding hydrogens is 225 g/mol. The summed E-state index contributed by atoms with van der Waals surface area (Å²) < 4.78 is 13.8. The molecule has 0 aromatic heterocycles. The van der Waals surface area contributed by atoms with E-state index in [1.807, 2.05) is 0 Å². The van der Waals surface area contributed by atoms with Gasteiger partial charge in [-0.1, -0.05) is 12.1 Å². The number of β-amino-alcohol motifs (C(OH)–C–C–N with tert-alkyl or cyclic N) is 2. The second-order valence-electron chi connectivity index (χ2n) is 4.39. The maximum absolute atomic E-state index is 13.8. The molecule has 2 unspecified atom stereocenters. The molecule has 4 nitrogen and oxygen atoms in total. The number of hydrogen-bond acceptors (Lipinski definition) is 4. The Kier molecular flexibility index (Phi) is 3.33. The second kappa shape index (κ2) is 4.60. The first-order chi connectivity index (χ1) is 8.00. The normalized spacial score (nSPS) is 26.3. The van der Waals surface area contributed by atoms with E-state index in [2.05, 4.69) is 0 Å². The summed E-state index contributed by atoms with van der Waals surface area (Å²) in [5, 5.41) is 28.5. The third kappa shape index (κ3) is 2.26. The van der Waals surface area contributed by atoms with Crippen molar-refractivity contribution in [2.24, 2.45) is 0 Å². The molecule has 0 spiro atoms. The van der Waals surface area contributed by atoms with Gasteiger partial charge in [-0.05, 0) is 13.0 Å². The van der Waals surface area contributed by atoms with E-state index in [1.165, 1.54) is 12.1 Å². The molecule has 0 amide bonds. The largest absolute Gasteiger partial charge is 0.389 e. The van der Waals surface area contributed by atoms with Crippen LogP contribution in [-0.2, 0) is 0 Å². The van der Waals surface area contributed by atoms with Crippen LogP contribution in [-0.4, -0.2) is 40.6 Å². The van der Waals surface area contributed by atoms with E-state index >= 15 is 0 Å². The fourth-order valence-electron chi connectivity index (χ4n) is 2.15. The van der Waals surface area contributed by atoms with E-state index in [1.54, 1.807) is 17.9 Å². The third-order valence-corrected chi connectivity index (χ3v) is 3.04. The summed E-state index contributed by atoms with van der Waals surface area (Å²) in [7, 11) is 0. The van der Waals surface area contributed by atoms with Gasteiger partial charge in [0.05, 0.1) is 24.0 Å². The molecule has 1 aromatic carbocycles. The minimum absolute atomic E-state index is 0.168. The molecule has 3 N–H and O–H groups in total.